The van der Waals surface area contributed by atoms with Gasteiger partial charge in [-0.2, -0.15) is 0 Å². The molecule has 1 heterocycles. The first-order valence-corrected chi connectivity index (χ1v) is 15.2. The molecule has 1 amide bonds. The zero-order chi connectivity index (χ0) is 27.5. The Morgan fingerprint density at radius 3 is 2.13 bits per heavy atom. The minimum atomic E-state index is -4.09. The highest BCUT2D eigenvalue weighted by molar-refractivity contribution is 7.93. The summed E-state index contributed by atoms with van der Waals surface area (Å²) in [5.74, 6) is 0.00660. The van der Waals surface area contributed by atoms with Gasteiger partial charge in [-0.15, -0.1) is 0 Å². The molecule has 0 atom stereocenters. The van der Waals surface area contributed by atoms with E-state index in [2.05, 4.69) is 9.44 Å². The number of sulfonamides is 2. The second kappa shape index (κ2) is 11.2. The number of likely N-dealkylation sites (tertiary alicyclic amines) is 1. The molecular weight excluding hydrogens is 550 g/mol. The predicted octanol–water partition coefficient (Wildman–Crippen LogP) is 4.88. The van der Waals surface area contributed by atoms with Gasteiger partial charge in [0.1, 0.15) is 5.75 Å². The third-order valence-corrected chi connectivity index (χ3v) is 9.21. The summed E-state index contributed by atoms with van der Waals surface area (Å²) in [6.45, 7) is 2.97. The minimum absolute atomic E-state index is 0.0568. The average molecular weight is 578 g/mol. The molecule has 9 nitrogen and oxygen atoms in total. The molecule has 1 aliphatic rings. The van der Waals surface area contributed by atoms with Crippen molar-refractivity contribution in [1.29, 1.82) is 0 Å². The number of anilines is 2. The first-order valence-electron chi connectivity index (χ1n) is 11.9. The Kier molecular flexibility index (Phi) is 8.19. The topological polar surface area (TPSA) is 122 Å². The Balaban J connectivity index is 1.54. The molecule has 38 heavy (non-hydrogen) atoms. The number of piperidine rings is 1. The number of carbonyl (C=O) groups is 1. The Hall–Kier alpha value is -3.28. The molecule has 0 aliphatic carbocycles. The first-order chi connectivity index (χ1) is 18.0. The van der Waals surface area contributed by atoms with Crippen LogP contribution >= 0.6 is 11.6 Å². The number of methoxy groups -OCH3 is 1. The summed E-state index contributed by atoms with van der Waals surface area (Å²) in [6, 6.07) is 14.2. The standard InChI is InChI=1S/C26H28ClN3O6S2/c1-18-6-7-19(27)16-24(18)29-37(32,33)21-10-8-20(9-11-21)28-38(34,35)22-12-13-25(36-2)23(17-22)26(31)30-14-4-3-5-15-30/h6-13,16-17,28-29H,3-5,14-15H2,1-2H3. The smallest absolute Gasteiger partial charge is 0.261 e. The quantitative estimate of drug-likeness (QED) is 0.393. The van der Waals surface area contributed by atoms with Gasteiger partial charge >= 0.3 is 0 Å². The number of hydrogen-bond acceptors (Lipinski definition) is 6. The molecule has 12 heteroatoms. The van der Waals surface area contributed by atoms with E-state index in [4.69, 9.17) is 16.3 Å². The first kappa shape index (κ1) is 27.7. The molecule has 0 unspecified atom stereocenters. The Morgan fingerprint density at radius 1 is 0.842 bits per heavy atom. The molecule has 1 saturated heterocycles. The highest BCUT2D eigenvalue weighted by Crippen LogP contribution is 2.28. The SMILES string of the molecule is COc1ccc(S(=O)(=O)Nc2ccc(S(=O)(=O)Nc3cc(Cl)ccc3C)cc2)cc1C(=O)N1CCCCC1. The van der Waals surface area contributed by atoms with Crippen LogP contribution in [0, 0.1) is 6.92 Å². The summed E-state index contributed by atoms with van der Waals surface area (Å²) in [5, 5.41) is 0.386. The Bertz CT molecular complexity index is 1550. The van der Waals surface area contributed by atoms with Crippen molar-refractivity contribution >= 4 is 48.9 Å². The van der Waals surface area contributed by atoms with Gasteiger partial charge in [-0.25, -0.2) is 16.8 Å². The van der Waals surface area contributed by atoms with Crippen LogP contribution in [0.25, 0.3) is 0 Å². The number of nitrogens with one attached hydrogen (secondary N) is 2. The van der Waals surface area contributed by atoms with Crippen LogP contribution in [-0.4, -0.2) is 47.8 Å². The van der Waals surface area contributed by atoms with E-state index in [1.54, 1.807) is 24.0 Å². The molecule has 1 aliphatic heterocycles. The normalized spacial score (nSPS) is 14.1. The maximum absolute atomic E-state index is 13.1. The van der Waals surface area contributed by atoms with Crippen LogP contribution in [0.2, 0.25) is 5.02 Å². The molecular formula is C26H28ClN3O6S2. The van der Waals surface area contributed by atoms with Crippen molar-refractivity contribution in [1.82, 2.24) is 4.90 Å². The molecule has 4 rings (SSSR count). The average Bonchev–Trinajstić information content (AvgIpc) is 2.90. The lowest BCUT2D eigenvalue weighted by Gasteiger charge is -2.27. The van der Waals surface area contributed by atoms with Gasteiger partial charge in [-0.1, -0.05) is 17.7 Å². The third-order valence-electron chi connectivity index (χ3n) is 6.22. The van der Waals surface area contributed by atoms with Gasteiger partial charge in [-0.05, 0) is 86.3 Å². The molecule has 3 aromatic carbocycles. The molecule has 0 radical (unpaired) electrons. The van der Waals surface area contributed by atoms with Gasteiger partial charge < -0.3 is 9.64 Å². The van der Waals surface area contributed by atoms with Crippen LogP contribution in [0.5, 0.6) is 5.75 Å². The number of benzene rings is 3. The van der Waals surface area contributed by atoms with E-state index in [-0.39, 0.29) is 32.7 Å². The van der Waals surface area contributed by atoms with E-state index in [0.29, 0.717) is 29.4 Å². The fourth-order valence-electron chi connectivity index (χ4n) is 4.11. The number of aryl methyl sites for hydroxylation is 1. The summed E-state index contributed by atoms with van der Waals surface area (Å²) < 4.78 is 62.2. The number of carbonyl (C=O) groups excluding carboxylic acids is 1. The van der Waals surface area contributed by atoms with Crippen LogP contribution in [-0.2, 0) is 20.0 Å². The number of nitrogens with zero attached hydrogens (tertiary/aromatic N) is 1. The van der Waals surface area contributed by atoms with E-state index >= 15 is 0 Å². The van der Waals surface area contributed by atoms with Crippen LogP contribution in [0.1, 0.15) is 35.2 Å². The van der Waals surface area contributed by atoms with Crippen molar-refractivity contribution in [3.63, 3.8) is 0 Å². The summed E-state index contributed by atoms with van der Waals surface area (Å²) in [6.07, 6.45) is 2.84. The zero-order valence-corrected chi connectivity index (χ0v) is 23.3. The summed E-state index contributed by atoms with van der Waals surface area (Å²) in [5.41, 5.74) is 1.36. The summed E-state index contributed by atoms with van der Waals surface area (Å²) in [4.78, 5) is 14.6. The van der Waals surface area contributed by atoms with Gasteiger partial charge in [0.05, 0.1) is 28.2 Å². The monoisotopic (exact) mass is 577 g/mol. The number of amides is 1. The van der Waals surface area contributed by atoms with Gasteiger partial charge in [-0.3, -0.25) is 14.2 Å². The highest BCUT2D eigenvalue weighted by atomic mass is 35.5. The predicted molar refractivity (Wildman–Crippen MR) is 147 cm³/mol. The maximum atomic E-state index is 13.1. The molecule has 1 fully saturated rings. The lowest BCUT2D eigenvalue weighted by molar-refractivity contribution is 0.0720. The van der Waals surface area contributed by atoms with Gasteiger partial charge in [0.2, 0.25) is 0 Å². The zero-order valence-electron chi connectivity index (χ0n) is 20.9. The van der Waals surface area contributed by atoms with Gasteiger partial charge in [0.25, 0.3) is 26.0 Å². The van der Waals surface area contributed by atoms with E-state index in [1.165, 1.54) is 55.6 Å². The largest absolute Gasteiger partial charge is 0.496 e. The van der Waals surface area contributed by atoms with Crippen molar-refractivity contribution < 1.29 is 26.4 Å². The van der Waals surface area contributed by atoms with E-state index < -0.39 is 20.0 Å². The number of rotatable bonds is 8. The van der Waals surface area contributed by atoms with Crippen LogP contribution < -0.4 is 14.2 Å². The summed E-state index contributed by atoms with van der Waals surface area (Å²) >= 11 is 5.98. The van der Waals surface area contributed by atoms with E-state index in [1.807, 2.05) is 0 Å². The number of halogens is 1. The van der Waals surface area contributed by atoms with Crippen molar-refractivity contribution in [2.75, 3.05) is 29.6 Å². The Morgan fingerprint density at radius 2 is 1.47 bits per heavy atom. The van der Waals surface area contributed by atoms with Gasteiger partial charge in [0.15, 0.2) is 0 Å². The van der Waals surface area contributed by atoms with Crippen molar-refractivity contribution in [3.8, 4) is 5.75 Å². The maximum Gasteiger partial charge on any atom is 0.261 e. The fraction of sp³-hybridized carbons (Fsp3) is 0.269. The van der Waals surface area contributed by atoms with Gasteiger partial charge in [0, 0.05) is 23.8 Å². The lowest BCUT2D eigenvalue weighted by atomic mass is 10.1. The van der Waals surface area contributed by atoms with E-state index in [9.17, 15) is 21.6 Å². The molecule has 0 bridgehead atoms. The lowest BCUT2D eigenvalue weighted by Crippen LogP contribution is -2.35. The van der Waals surface area contributed by atoms with Crippen molar-refractivity contribution in [2.24, 2.45) is 0 Å². The van der Waals surface area contributed by atoms with Crippen molar-refractivity contribution in [3.05, 3.63) is 76.8 Å². The molecule has 2 N–H and O–H groups in total. The number of ether oxygens (including phenoxy) is 1. The molecule has 202 valence electrons. The third kappa shape index (κ3) is 6.23. The van der Waals surface area contributed by atoms with E-state index in [0.717, 1.165) is 19.3 Å². The fourth-order valence-corrected chi connectivity index (χ4v) is 6.49. The second-order valence-corrected chi connectivity index (χ2v) is 12.7. The highest BCUT2D eigenvalue weighted by Gasteiger charge is 2.25. The minimum Gasteiger partial charge on any atom is -0.496 e. The van der Waals surface area contributed by atoms with Crippen LogP contribution in [0.4, 0.5) is 11.4 Å². The molecule has 0 saturated carbocycles. The summed E-state index contributed by atoms with van der Waals surface area (Å²) in [7, 11) is -6.61. The second-order valence-electron chi connectivity index (χ2n) is 8.91. The Labute approximate surface area is 227 Å². The van der Waals surface area contributed by atoms with Crippen molar-refractivity contribution in [2.45, 2.75) is 36.0 Å². The molecule has 0 aromatic heterocycles. The van der Waals surface area contributed by atoms with Crippen LogP contribution in [0.15, 0.2) is 70.5 Å². The molecule has 3 aromatic rings. The number of hydrogen-bond donors (Lipinski definition) is 2. The van der Waals surface area contributed by atoms with Crippen LogP contribution in [0.3, 0.4) is 0 Å². The molecule has 0 spiro atoms.